The van der Waals surface area contributed by atoms with E-state index in [1.165, 1.54) is 47.2 Å². The van der Waals surface area contributed by atoms with Crippen molar-refractivity contribution < 1.29 is 0 Å². The number of nitrogens with one attached hydrogen (secondary N) is 1. The molecule has 21 heavy (non-hydrogen) atoms. The summed E-state index contributed by atoms with van der Waals surface area (Å²) in [7, 11) is 0. The summed E-state index contributed by atoms with van der Waals surface area (Å²) in [4.78, 5) is 2.51. The molecule has 1 aliphatic rings. The van der Waals surface area contributed by atoms with Crippen molar-refractivity contribution >= 4 is 21.4 Å². The zero-order chi connectivity index (χ0) is 14.7. The van der Waals surface area contributed by atoms with E-state index < -0.39 is 0 Å². The van der Waals surface area contributed by atoms with Crippen LogP contribution in [-0.4, -0.2) is 30.6 Å². The molecule has 0 radical (unpaired) electrons. The lowest BCUT2D eigenvalue weighted by molar-refractivity contribution is 0.211. The smallest absolute Gasteiger partial charge is 0.0346 e. The van der Waals surface area contributed by atoms with Gasteiger partial charge in [-0.2, -0.15) is 0 Å². The van der Waals surface area contributed by atoms with Crippen molar-refractivity contribution in [1.29, 1.82) is 0 Å². The molecule has 2 heterocycles. The topological polar surface area (TPSA) is 15.3 Å². The number of fused-ring (bicyclic) bond motifs is 1. The minimum atomic E-state index is 0.657. The van der Waals surface area contributed by atoms with E-state index in [2.05, 4.69) is 53.4 Å². The van der Waals surface area contributed by atoms with E-state index in [4.69, 9.17) is 0 Å². The Bertz CT molecular complexity index is 608. The average molecular weight is 300 g/mol. The molecule has 112 valence electrons. The van der Waals surface area contributed by atoms with Crippen molar-refractivity contribution in [1.82, 2.24) is 10.2 Å². The number of thiophene rings is 1. The highest BCUT2D eigenvalue weighted by Crippen LogP contribution is 2.25. The molecule has 2 nitrogen and oxygen atoms in total. The Kier molecular flexibility index (Phi) is 4.73. The minimum Gasteiger partial charge on any atom is -0.310 e. The normalized spacial score (nSPS) is 17.4. The van der Waals surface area contributed by atoms with E-state index in [0.29, 0.717) is 6.04 Å². The molecule has 3 heteroatoms. The van der Waals surface area contributed by atoms with Crippen LogP contribution in [0.2, 0.25) is 0 Å². The summed E-state index contributed by atoms with van der Waals surface area (Å²) >= 11 is 1.85. The van der Waals surface area contributed by atoms with Crippen LogP contribution >= 0.6 is 11.3 Å². The Hall–Kier alpha value is -1.16. The highest BCUT2D eigenvalue weighted by molar-refractivity contribution is 7.17. The maximum absolute atomic E-state index is 4.01. The van der Waals surface area contributed by atoms with E-state index in [9.17, 15) is 0 Å². The highest BCUT2D eigenvalue weighted by Gasteiger charge is 2.18. The van der Waals surface area contributed by atoms with E-state index in [0.717, 1.165) is 13.1 Å². The monoisotopic (exact) mass is 300 g/mol. The Morgan fingerprint density at radius 1 is 1.33 bits per heavy atom. The van der Waals surface area contributed by atoms with Gasteiger partial charge in [-0.3, -0.25) is 4.90 Å². The molecule has 0 amide bonds. The Labute approximate surface area is 131 Å². The third-order valence-corrected chi connectivity index (χ3v) is 5.24. The second kappa shape index (κ2) is 6.73. The number of nitrogens with zero attached hydrogens (tertiary/aromatic N) is 1. The standard InChI is InChI=1S/C18H24N2S/c1-14(2)12-20-9-7-16(8-10-20)19-11-15-13-21-18-6-4-3-5-17(15)18/h3-6,13,16,19H,1,7-12H2,2H3. The molecule has 0 unspecified atom stereocenters. The first-order valence-electron chi connectivity index (χ1n) is 7.77. The van der Waals surface area contributed by atoms with Crippen molar-refractivity contribution in [3.63, 3.8) is 0 Å². The van der Waals surface area contributed by atoms with Gasteiger partial charge >= 0.3 is 0 Å². The quantitative estimate of drug-likeness (QED) is 0.839. The number of rotatable bonds is 5. The van der Waals surface area contributed by atoms with Crippen molar-refractivity contribution in [2.75, 3.05) is 19.6 Å². The molecular weight excluding hydrogens is 276 g/mol. The zero-order valence-corrected chi connectivity index (χ0v) is 13.6. The summed E-state index contributed by atoms with van der Waals surface area (Å²) in [5.74, 6) is 0. The van der Waals surface area contributed by atoms with Crippen LogP contribution in [0.15, 0.2) is 41.8 Å². The van der Waals surface area contributed by atoms with E-state index >= 15 is 0 Å². The lowest BCUT2D eigenvalue weighted by Gasteiger charge is -2.32. The van der Waals surface area contributed by atoms with Crippen LogP contribution < -0.4 is 5.32 Å². The van der Waals surface area contributed by atoms with Gasteiger partial charge in [0.25, 0.3) is 0 Å². The van der Waals surface area contributed by atoms with Gasteiger partial charge in [0.1, 0.15) is 0 Å². The van der Waals surface area contributed by atoms with Gasteiger partial charge in [0.05, 0.1) is 0 Å². The Morgan fingerprint density at radius 3 is 2.86 bits per heavy atom. The molecule has 0 bridgehead atoms. The first-order chi connectivity index (χ1) is 10.2. The highest BCUT2D eigenvalue weighted by atomic mass is 32.1. The first-order valence-corrected chi connectivity index (χ1v) is 8.65. The number of likely N-dealkylation sites (tertiary alicyclic amines) is 1. The minimum absolute atomic E-state index is 0.657. The summed E-state index contributed by atoms with van der Waals surface area (Å²) in [6.45, 7) is 10.6. The lowest BCUT2D eigenvalue weighted by atomic mass is 10.0. The molecular formula is C18H24N2S. The van der Waals surface area contributed by atoms with E-state index in [-0.39, 0.29) is 0 Å². The van der Waals surface area contributed by atoms with Crippen LogP contribution in [0.1, 0.15) is 25.3 Å². The second-order valence-corrected chi connectivity index (χ2v) is 7.06. The predicted molar refractivity (Wildman–Crippen MR) is 92.9 cm³/mol. The Morgan fingerprint density at radius 2 is 2.10 bits per heavy atom. The molecule has 2 aromatic rings. The van der Waals surface area contributed by atoms with Crippen LogP contribution in [-0.2, 0) is 6.54 Å². The molecule has 0 aliphatic carbocycles. The van der Waals surface area contributed by atoms with Crippen LogP contribution in [0.3, 0.4) is 0 Å². The third kappa shape index (κ3) is 3.73. The Balaban J connectivity index is 1.51. The summed E-state index contributed by atoms with van der Waals surface area (Å²) in [5.41, 5.74) is 2.71. The number of benzene rings is 1. The molecule has 1 aromatic heterocycles. The van der Waals surface area contributed by atoms with Gasteiger partial charge in [0.15, 0.2) is 0 Å². The fraction of sp³-hybridized carbons (Fsp3) is 0.444. The SMILES string of the molecule is C=C(C)CN1CCC(NCc2csc3ccccc23)CC1. The molecule has 1 N–H and O–H groups in total. The lowest BCUT2D eigenvalue weighted by Crippen LogP contribution is -2.42. The largest absolute Gasteiger partial charge is 0.310 e. The summed E-state index contributed by atoms with van der Waals surface area (Å²) in [6.07, 6.45) is 2.49. The van der Waals surface area contributed by atoms with Crippen molar-refractivity contribution in [2.24, 2.45) is 0 Å². The van der Waals surface area contributed by atoms with Crippen LogP contribution in [0.5, 0.6) is 0 Å². The second-order valence-electron chi connectivity index (χ2n) is 6.15. The fourth-order valence-electron chi connectivity index (χ4n) is 3.10. The van der Waals surface area contributed by atoms with Gasteiger partial charge in [-0.25, -0.2) is 0 Å². The predicted octanol–water partition coefficient (Wildman–Crippen LogP) is 4.03. The van der Waals surface area contributed by atoms with Crippen LogP contribution in [0.25, 0.3) is 10.1 Å². The fourth-order valence-corrected chi connectivity index (χ4v) is 4.06. The van der Waals surface area contributed by atoms with Gasteiger partial charge in [-0.05, 0) is 55.3 Å². The molecule has 0 spiro atoms. The van der Waals surface area contributed by atoms with Gasteiger partial charge < -0.3 is 5.32 Å². The van der Waals surface area contributed by atoms with E-state index in [1.807, 2.05) is 11.3 Å². The van der Waals surface area contributed by atoms with Gasteiger partial charge in [0, 0.05) is 23.8 Å². The molecule has 1 saturated heterocycles. The van der Waals surface area contributed by atoms with Crippen LogP contribution in [0, 0.1) is 0 Å². The van der Waals surface area contributed by atoms with Crippen LogP contribution in [0.4, 0.5) is 0 Å². The molecule has 0 atom stereocenters. The molecule has 0 saturated carbocycles. The maximum Gasteiger partial charge on any atom is 0.0346 e. The maximum atomic E-state index is 4.01. The third-order valence-electron chi connectivity index (χ3n) is 4.22. The summed E-state index contributed by atoms with van der Waals surface area (Å²) in [5, 5.41) is 7.46. The zero-order valence-electron chi connectivity index (χ0n) is 12.8. The van der Waals surface area contributed by atoms with Crippen molar-refractivity contribution in [2.45, 2.75) is 32.4 Å². The van der Waals surface area contributed by atoms with Gasteiger partial charge in [-0.1, -0.05) is 30.4 Å². The molecule has 1 fully saturated rings. The summed E-state index contributed by atoms with van der Waals surface area (Å²) in [6, 6.07) is 9.35. The van der Waals surface area contributed by atoms with E-state index in [1.54, 1.807) is 0 Å². The summed E-state index contributed by atoms with van der Waals surface area (Å²) < 4.78 is 1.39. The number of hydrogen-bond donors (Lipinski definition) is 1. The molecule has 1 aliphatic heterocycles. The first kappa shape index (κ1) is 14.8. The van der Waals surface area contributed by atoms with Crippen molar-refractivity contribution in [3.8, 4) is 0 Å². The number of piperidine rings is 1. The van der Waals surface area contributed by atoms with Gasteiger partial charge in [-0.15, -0.1) is 11.3 Å². The van der Waals surface area contributed by atoms with Gasteiger partial charge in [0.2, 0.25) is 0 Å². The molecule has 1 aromatic carbocycles. The molecule has 3 rings (SSSR count). The number of hydrogen-bond acceptors (Lipinski definition) is 3. The van der Waals surface area contributed by atoms with Crippen molar-refractivity contribution in [3.05, 3.63) is 47.4 Å². The average Bonchev–Trinajstić information content (AvgIpc) is 2.89.